The molecular formula is C70H127NO13. The van der Waals surface area contributed by atoms with E-state index in [1.807, 2.05) is 6.08 Å². The first-order chi connectivity index (χ1) is 41.1. The molecule has 2 aliphatic heterocycles. The summed E-state index contributed by atoms with van der Waals surface area (Å²) in [6.07, 6.45) is 55.5. The van der Waals surface area contributed by atoms with Crippen molar-refractivity contribution in [2.75, 3.05) is 19.8 Å². The highest BCUT2D eigenvalue weighted by Gasteiger charge is 2.51. The Hall–Kier alpha value is -2.31. The average molecular weight is 1190 g/mol. The third kappa shape index (κ3) is 38.9. The summed E-state index contributed by atoms with van der Waals surface area (Å²) in [5.41, 5.74) is 0. The van der Waals surface area contributed by atoms with Crippen molar-refractivity contribution in [3.8, 4) is 0 Å². The SMILES string of the molecule is CC/C=C\C/C=C\C/C=C\C/C=C\CCCCCCCCCCCCCCCCCCC(=O)NC(COC1OC(CO)C(OC2OC(CO)C(O)C(O)C2O)C(O)C1O)C(O)/C=C/CCCCCCCCCCCCCCCCCCCCC. The number of nitrogens with one attached hydrogen (secondary N) is 1. The van der Waals surface area contributed by atoms with Crippen molar-refractivity contribution in [3.05, 3.63) is 60.8 Å². The Morgan fingerprint density at radius 2 is 0.821 bits per heavy atom. The van der Waals surface area contributed by atoms with Gasteiger partial charge < -0.3 is 65.1 Å². The highest BCUT2D eigenvalue weighted by atomic mass is 16.7. The van der Waals surface area contributed by atoms with Gasteiger partial charge in [0.1, 0.15) is 48.8 Å². The molecule has 12 atom stereocenters. The molecule has 2 saturated heterocycles. The molecule has 9 N–H and O–H groups in total. The number of amides is 1. The first kappa shape index (κ1) is 77.8. The van der Waals surface area contributed by atoms with Crippen LogP contribution >= 0.6 is 0 Å². The minimum atomic E-state index is -1.79. The number of rotatable bonds is 56. The molecule has 14 nitrogen and oxygen atoms in total. The molecule has 0 saturated carbocycles. The van der Waals surface area contributed by atoms with Crippen LogP contribution in [-0.4, -0.2) is 140 Å². The second-order valence-corrected chi connectivity index (χ2v) is 24.3. The molecule has 12 unspecified atom stereocenters. The van der Waals surface area contributed by atoms with E-state index in [-0.39, 0.29) is 18.9 Å². The van der Waals surface area contributed by atoms with Gasteiger partial charge in [0.25, 0.3) is 0 Å². The van der Waals surface area contributed by atoms with Crippen LogP contribution in [0, 0.1) is 0 Å². The van der Waals surface area contributed by atoms with E-state index in [4.69, 9.17) is 18.9 Å². The fraction of sp³-hybridized carbons (Fsp3) is 0.843. The number of aliphatic hydroxyl groups excluding tert-OH is 8. The van der Waals surface area contributed by atoms with E-state index in [1.54, 1.807) is 6.08 Å². The summed E-state index contributed by atoms with van der Waals surface area (Å²) in [6, 6.07) is -0.917. The average Bonchev–Trinajstić information content (AvgIpc) is 3.24. The number of hydrogen-bond donors (Lipinski definition) is 9. The van der Waals surface area contributed by atoms with Gasteiger partial charge in [-0.2, -0.15) is 0 Å². The molecule has 2 heterocycles. The summed E-state index contributed by atoms with van der Waals surface area (Å²) in [7, 11) is 0. The van der Waals surface area contributed by atoms with E-state index in [2.05, 4.69) is 67.8 Å². The summed E-state index contributed by atoms with van der Waals surface area (Å²) in [5.74, 6) is -0.237. The van der Waals surface area contributed by atoms with Gasteiger partial charge in [0, 0.05) is 6.42 Å². The smallest absolute Gasteiger partial charge is 0.220 e. The third-order valence-electron chi connectivity index (χ3n) is 16.7. The molecule has 2 aliphatic rings. The van der Waals surface area contributed by atoms with Gasteiger partial charge in [-0.15, -0.1) is 0 Å². The Morgan fingerprint density at radius 1 is 0.440 bits per heavy atom. The zero-order chi connectivity index (χ0) is 60.9. The fourth-order valence-corrected chi connectivity index (χ4v) is 11.2. The molecule has 0 spiro atoms. The lowest BCUT2D eigenvalue weighted by atomic mass is 9.97. The van der Waals surface area contributed by atoms with E-state index >= 15 is 0 Å². The van der Waals surface area contributed by atoms with Gasteiger partial charge in [-0.3, -0.25) is 4.79 Å². The Bertz CT molecular complexity index is 1640. The summed E-state index contributed by atoms with van der Waals surface area (Å²) >= 11 is 0. The third-order valence-corrected chi connectivity index (χ3v) is 16.7. The van der Waals surface area contributed by atoms with Crippen LogP contribution in [0.2, 0.25) is 0 Å². The van der Waals surface area contributed by atoms with Crippen LogP contribution in [0.25, 0.3) is 0 Å². The second-order valence-electron chi connectivity index (χ2n) is 24.3. The maximum Gasteiger partial charge on any atom is 0.220 e. The van der Waals surface area contributed by atoms with Crippen LogP contribution < -0.4 is 5.32 Å². The molecule has 2 rings (SSSR count). The van der Waals surface area contributed by atoms with Gasteiger partial charge in [-0.05, 0) is 57.8 Å². The number of carbonyl (C=O) groups is 1. The molecule has 0 bridgehead atoms. The maximum absolute atomic E-state index is 13.3. The largest absolute Gasteiger partial charge is 0.394 e. The molecular weight excluding hydrogens is 1060 g/mol. The Labute approximate surface area is 511 Å². The quantitative estimate of drug-likeness (QED) is 0.0204. The second kappa shape index (κ2) is 54.8. The van der Waals surface area contributed by atoms with Gasteiger partial charge in [0.2, 0.25) is 5.91 Å². The maximum atomic E-state index is 13.3. The van der Waals surface area contributed by atoms with Crippen molar-refractivity contribution < 1.29 is 64.6 Å². The van der Waals surface area contributed by atoms with Crippen molar-refractivity contribution in [1.82, 2.24) is 5.32 Å². The summed E-state index contributed by atoms with van der Waals surface area (Å²) in [5, 5.41) is 87.4. The molecule has 1 amide bonds. The van der Waals surface area contributed by atoms with Crippen molar-refractivity contribution in [3.63, 3.8) is 0 Å². The van der Waals surface area contributed by atoms with Crippen LogP contribution in [0.15, 0.2) is 60.8 Å². The highest BCUT2D eigenvalue weighted by molar-refractivity contribution is 5.76. The normalized spacial score (nSPS) is 24.0. The number of allylic oxidation sites excluding steroid dienone is 9. The molecule has 0 aromatic rings. The van der Waals surface area contributed by atoms with E-state index in [0.29, 0.717) is 6.42 Å². The van der Waals surface area contributed by atoms with Crippen LogP contribution in [0.1, 0.15) is 284 Å². The topological polar surface area (TPSA) is 228 Å². The summed E-state index contributed by atoms with van der Waals surface area (Å²) < 4.78 is 22.9. The molecule has 490 valence electrons. The predicted octanol–water partition coefficient (Wildman–Crippen LogP) is 13.7. The molecule has 14 heteroatoms. The highest BCUT2D eigenvalue weighted by Crippen LogP contribution is 2.30. The van der Waals surface area contributed by atoms with Crippen LogP contribution in [0.5, 0.6) is 0 Å². The molecule has 0 aliphatic carbocycles. The summed E-state index contributed by atoms with van der Waals surface area (Å²) in [6.45, 7) is 2.72. The van der Waals surface area contributed by atoms with E-state index in [0.717, 1.165) is 64.2 Å². The molecule has 0 radical (unpaired) electrons. The van der Waals surface area contributed by atoms with Gasteiger partial charge in [-0.1, -0.05) is 280 Å². The first-order valence-corrected chi connectivity index (χ1v) is 34.5. The van der Waals surface area contributed by atoms with E-state index < -0.39 is 86.8 Å². The Morgan fingerprint density at radius 3 is 1.26 bits per heavy atom. The van der Waals surface area contributed by atoms with Crippen molar-refractivity contribution >= 4 is 5.91 Å². The van der Waals surface area contributed by atoms with Crippen LogP contribution in [0.4, 0.5) is 0 Å². The van der Waals surface area contributed by atoms with Crippen molar-refractivity contribution in [1.29, 1.82) is 0 Å². The van der Waals surface area contributed by atoms with Crippen molar-refractivity contribution in [2.24, 2.45) is 0 Å². The van der Waals surface area contributed by atoms with Gasteiger partial charge >= 0.3 is 0 Å². The first-order valence-electron chi connectivity index (χ1n) is 34.5. The molecule has 2 fully saturated rings. The lowest BCUT2D eigenvalue weighted by molar-refractivity contribution is -0.359. The van der Waals surface area contributed by atoms with E-state index in [9.17, 15) is 45.6 Å². The van der Waals surface area contributed by atoms with Gasteiger partial charge in [0.15, 0.2) is 12.6 Å². The number of ether oxygens (including phenoxy) is 4. The lowest BCUT2D eigenvalue weighted by Gasteiger charge is -2.46. The Balaban J connectivity index is 1.68. The minimum absolute atomic E-state index is 0.237. The molecule has 0 aromatic heterocycles. The number of unbranched alkanes of at least 4 members (excludes halogenated alkanes) is 35. The molecule has 0 aromatic carbocycles. The monoisotopic (exact) mass is 1190 g/mol. The Kier molecular flexibility index (Phi) is 50.8. The van der Waals surface area contributed by atoms with Gasteiger partial charge in [0.05, 0.1) is 32.0 Å². The van der Waals surface area contributed by atoms with Crippen LogP contribution in [0.3, 0.4) is 0 Å². The number of carbonyl (C=O) groups excluding carboxylic acids is 1. The zero-order valence-electron chi connectivity index (χ0n) is 53.1. The van der Waals surface area contributed by atoms with Crippen LogP contribution in [-0.2, 0) is 23.7 Å². The van der Waals surface area contributed by atoms with Gasteiger partial charge in [-0.25, -0.2) is 0 Å². The summed E-state index contributed by atoms with van der Waals surface area (Å²) in [4.78, 5) is 13.3. The predicted molar refractivity (Wildman–Crippen MR) is 341 cm³/mol. The minimum Gasteiger partial charge on any atom is -0.394 e. The van der Waals surface area contributed by atoms with E-state index in [1.165, 1.54) is 193 Å². The molecule has 84 heavy (non-hydrogen) atoms. The number of hydrogen-bond acceptors (Lipinski definition) is 13. The van der Waals surface area contributed by atoms with Crippen molar-refractivity contribution in [2.45, 2.75) is 357 Å². The fourth-order valence-electron chi connectivity index (χ4n) is 11.2. The zero-order valence-corrected chi connectivity index (χ0v) is 53.1. The number of aliphatic hydroxyl groups is 8. The lowest BCUT2D eigenvalue weighted by Crippen LogP contribution is -2.65. The standard InChI is InChI=1S/C70H127NO13/c1-3-5-7-9-11-13-15-17-19-21-23-25-26-27-28-29-30-31-32-34-36-38-40-42-44-46-48-50-52-54-62(75)71-58(59(74)53-51-49-47-45-43-41-39-37-35-33-24-22-20-18-16-14-12-10-8-6-4-2)57-81-69-67(80)65(78)68(61(56-73)83-69)84-70-66(79)64(77)63(76)60(55-72)82-70/h5,7,11,13,17,19,23,25,51,53,58-61,63-70,72-74,76-80H,3-4,6,8-10,12,14-16,18,20-22,24,26-50,52,54-57H2,1-2H3,(H,71,75)/b7-5-,13-11-,19-17-,25-23-,53-51+.